The van der Waals surface area contributed by atoms with Crippen molar-refractivity contribution in [1.82, 2.24) is 4.90 Å². The summed E-state index contributed by atoms with van der Waals surface area (Å²) in [5.74, 6) is -0.818. The van der Waals surface area contributed by atoms with Crippen LogP contribution in [0.2, 0.25) is 0 Å². The van der Waals surface area contributed by atoms with Crippen LogP contribution in [0.3, 0.4) is 0 Å². The van der Waals surface area contributed by atoms with Crippen LogP contribution in [0.15, 0.2) is 24.3 Å². The second-order valence-corrected chi connectivity index (χ2v) is 5.42. The maximum atomic E-state index is 12.3. The number of amides is 1. The number of hydrogen-bond donors (Lipinski definition) is 1. The molecule has 0 bridgehead atoms. The predicted molar refractivity (Wildman–Crippen MR) is 76.0 cm³/mol. The number of likely N-dealkylation sites (N-methyl/N-ethyl adjacent to an activating group) is 1. The second-order valence-electron chi connectivity index (χ2n) is 5.42. The summed E-state index contributed by atoms with van der Waals surface area (Å²) in [6.45, 7) is 6.77. The first kappa shape index (κ1) is 16.0. The van der Waals surface area contributed by atoms with Gasteiger partial charge in [-0.15, -0.1) is 0 Å². The van der Waals surface area contributed by atoms with Crippen LogP contribution in [0.25, 0.3) is 0 Å². The van der Waals surface area contributed by atoms with Crippen molar-refractivity contribution in [3.63, 3.8) is 0 Å². The van der Waals surface area contributed by atoms with E-state index in [0.29, 0.717) is 11.3 Å². The van der Waals surface area contributed by atoms with Crippen LogP contribution < -0.4 is 4.74 Å². The zero-order valence-corrected chi connectivity index (χ0v) is 12.5. The van der Waals surface area contributed by atoms with Crippen LogP contribution in [0.4, 0.5) is 0 Å². The van der Waals surface area contributed by atoms with E-state index in [1.165, 1.54) is 25.8 Å². The molecule has 0 spiro atoms. The average Bonchev–Trinajstić information content (AvgIpc) is 2.36. The van der Waals surface area contributed by atoms with Crippen molar-refractivity contribution in [3.8, 4) is 5.75 Å². The van der Waals surface area contributed by atoms with E-state index in [1.54, 1.807) is 24.3 Å². The lowest BCUT2D eigenvalue weighted by atomic mass is 10.0. The molecule has 20 heavy (non-hydrogen) atoms. The normalized spacial score (nSPS) is 11.3. The van der Waals surface area contributed by atoms with Gasteiger partial charge < -0.3 is 14.7 Å². The number of ether oxygens (including phenoxy) is 1. The van der Waals surface area contributed by atoms with Crippen LogP contribution in [0.1, 0.15) is 38.1 Å². The molecule has 1 aromatic carbocycles. The van der Waals surface area contributed by atoms with Gasteiger partial charge in [-0.05, 0) is 45.9 Å². The van der Waals surface area contributed by atoms with Crippen molar-refractivity contribution in [1.29, 1.82) is 0 Å². The van der Waals surface area contributed by atoms with Crippen LogP contribution in [0.5, 0.6) is 5.75 Å². The Morgan fingerprint density at radius 3 is 2.40 bits per heavy atom. The number of carbonyl (C=O) groups excluding carboxylic acids is 1. The molecule has 110 valence electrons. The lowest BCUT2D eigenvalue weighted by Crippen LogP contribution is -2.50. The number of aliphatic carboxylic acids is 1. The number of hydrogen-bond acceptors (Lipinski definition) is 3. The molecule has 5 heteroatoms. The molecular formula is C15H21NO4. The fourth-order valence-electron chi connectivity index (χ4n) is 1.57. The van der Waals surface area contributed by atoms with Gasteiger partial charge in [-0.25, -0.2) is 4.79 Å². The molecule has 1 rings (SSSR count). The van der Waals surface area contributed by atoms with E-state index in [0.717, 1.165) is 0 Å². The molecule has 0 saturated carbocycles. The lowest BCUT2D eigenvalue weighted by molar-refractivity contribution is -0.147. The van der Waals surface area contributed by atoms with Crippen LogP contribution in [-0.2, 0) is 4.79 Å². The van der Waals surface area contributed by atoms with E-state index >= 15 is 0 Å². The van der Waals surface area contributed by atoms with Crippen LogP contribution in [0, 0.1) is 0 Å². The summed E-state index contributed by atoms with van der Waals surface area (Å²) in [5.41, 5.74) is -0.869. The number of carbonyl (C=O) groups is 2. The first-order valence-electron chi connectivity index (χ1n) is 6.44. The molecule has 0 fully saturated rings. The third-order valence-electron chi connectivity index (χ3n) is 3.12. The smallest absolute Gasteiger partial charge is 0.329 e. The van der Waals surface area contributed by atoms with Gasteiger partial charge in [0.15, 0.2) is 0 Å². The minimum Gasteiger partial charge on any atom is -0.491 e. The molecule has 0 saturated heterocycles. The van der Waals surface area contributed by atoms with Gasteiger partial charge in [0.1, 0.15) is 11.3 Å². The fourth-order valence-corrected chi connectivity index (χ4v) is 1.57. The molecule has 0 aliphatic carbocycles. The quantitative estimate of drug-likeness (QED) is 0.898. The molecule has 1 aromatic rings. The highest BCUT2D eigenvalue weighted by atomic mass is 16.5. The Morgan fingerprint density at radius 2 is 1.90 bits per heavy atom. The molecule has 5 nitrogen and oxygen atoms in total. The maximum Gasteiger partial charge on any atom is 0.329 e. The summed E-state index contributed by atoms with van der Waals surface area (Å²) in [5, 5.41) is 9.16. The average molecular weight is 279 g/mol. The SMILES string of the molecule is CC(C)Oc1cccc(C(=O)N(C)C(C)(C)C(=O)O)c1. The Balaban J connectivity index is 3.00. The predicted octanol–water partition coefficient (Wildman–Crippen LogP) is 2.41. The van der Waals surface area contributed by atoms with E-state index in [4.69, 9.17) is 9.84 Å². The second kappa shape index (κ2) is 5.94. The molecule has 0 unspecified atom stereocenters. The Hall–Kier alpha value is -2.04. The zero-order chi connectivity index (χ0) is 15.5. The van der Waals surface area contributed by atoms with Crippen molar-refractivity contribution in [2.45, 2.75) is 39.3 Å². The summed E-state index contributed by atoms with van der Waals surface area (Å²) < 4.78 is 5.53. The minimum absolute atomic E-state index is 0.00791. The lowest BCUT2D eigenvalue weighted by Gasteiger charge is -2.31. The van der Waals surface area contributed by atoms with Crippen molar-refractivity contribution in [3.05, 3.63) is 29.8 Å². The van der Waals surface area contributed by atoms with Gasteiger partial charge in [0, 0.05) is 12.6 Å². The van der Waals surface area contributed by atoms with Crippen LogP contribution in [-0.4, -0.2) is 40.6 Å². The van der Waals surface area contributed by atoms with Gasteiger partial charge in [-0.1, -0.05) is 6.07 Å². The van der Waals surface area contributed by atoms with Gasteiger partial charge in [-0.3, -0.25) is 4.79 Å². The number of benzene rings is 1. The van der Waals surface area contributed by atoms with E-state index < -0.39 is 11.5 Å². The topological polar surface area (TPSA) is 66.8 Å². The zero-order valence-electron chi connectivity index (χ0n) is 12.5. The van der Waals surface area contributed by atoms with Gasteiger partial charge >= 0.3 is 5.97 Å². The number of carboxylic acids is 1. The monoisotopic (exact) mass is 279 g/mol. The Morgan fingerprint density at radius 1 is 1.30 bits per heavy atom. The Bertz CT molecular complexity index is 508. The highest BCUT2D eigenvalue weighted by molar-refractivity contribution is 5.97. The van der Waals surface area contributed by atoms with Gasteiger partial charge in [0.25, 0.3) is 5.91 Å². The number of rotatable bonds is 5. The van der Waals surface area contributed by atoms with Crippen molar-refractivity contribution in [2.24, 2.45) is 0 Å². The Labute approximate surface area is 119 Å². The number of carboxylic acid groups (broad SMARTS) is 1. The molecular weight excluding hydrogens is 258 g/mol. The summed E-state index contributed by atoms with van der Waals surface area (Å²) in [7, 11) is 1.48. The first-order valence-corrected chi connectivity index (χ1v) is 6.44. The third kappa shape index (κ3) is 3.50. The maximum absolute atomic E-state index is 12.3. The standard InChI is InChI=1S/C15H21NO4/c1-10(2)20-12-8-6-7-11(9-12)13(17)16(5)15(3,4)14(18)19/h6-10H,1-5H3,(H,18,19). The summed E-state index contributed by atoms with van der Waals surface area (Å²) in [4.78, 5) is 24.7. The molecule has 0 heterocycles. The van der Waals surface area contributed by atoms with Crippen molar-refractivity contribution in [2.75, 3.05) is 7.05 Å². The van der Waals surface area contributed by atoms with Crippen molar-refractivity contribution >= 4 is 11.9 Å². The molecule has 0 atom stereocenters. The highest BCUT2D eigenvalue weighted by Gasteiger charge is 2.35. The summed E-state index contributed by atoms with van der Waals surface area (Å²) in [6.07, 6.45) is 0.00791. The first-order chi connectivity index (χ1) is 9.16. The van der Waals surface area contributed by atoms with E-state index in [1.807, 2.05) is 13.8 Å². The summed E-state index contributed by atoms with van der Waals surface area (Å²) >= 11 is 0. The number of nitrogens with zero attached hydrogens (tertiary/aromatic N) is 1. The largest absolute Gasteiger partial charge is 0.491 e. The van der Waals surface area contributed by atoms with Gasteiger partial charge in [-0.2, -0.15) is 0 Å². The third-order valence-corrected chi connectivity index (χ3v) is 3.12. The minimum atomic E-state index is -1.27. The molecule has 0 radical (unpaired) electrons. The summed E-state index contributed by atoms with van der Waals surface area (Å²) in [6, 6.07) is 6.74. The molecule has 1 N–H and O–H groups in total. The molecule has 0 aliphatic rings. The van der Waals surface area contributed by atoms with Gasteiger partial charge in [0.2, 0.25) is 0 Å². The van der Waals surface area contributed by atoms with E-state index in [9.17, 15) is 9.59 Å². The molecule has 1 amide bonds. The van der Waals surface area contributed by atoms with E-state index in [-0.39, 0.29) is 12.0 Å². The highest BCUT2D eigenvalue weighted by Crippen LogP contribution is 2.20. The molecule has 0 aliphatic heterocycles. The van der Waals surface area contributed by atoms with Crippen molar-refractivity contribution < 1.29 is 19.4 Å². The molecule has 0 aromatic heterocycles. The van der Waals surface area contributed by atoms with Crippen LogP contribution >= 0.6 is 0 Å². The van der Waals surface area contributed by atoms with E-state index in [2.05, 4.69) is 0 Å². The van der Waals surface area contributed by atoms with Gasteiger partial charge in [0.05, 0.1) is 6.10 Å². The fraction of sp³-hybridized carbons (Fsp3) is 0.467. The Kier molecular flexibility index (Phi) is 4.76.